The van der Waals surface area contributed by atoms with Gasteiger partial charge in [-0.15, -0.1) is 0 Å². The lowest BCUT2D eigenvalue weighted by atomic mass is 10.5. The average Bonchev–Trinajstić information content (AvgIpc) is 1.89. The maximum Gasteiger partial charge on any atom is 0.306 e. The van der Waals surface area contributed by atoms with Crippen molar-refractivity contribution in [2.24, 2.45) is 0 Å². The van der Waals surface area contributed by atoms with Gasteiger partial charge in [0.1, 0.15) is 6.42 Å². The Morgan fingerprint density at radius 1 is 1.90 bits per heavy atom. The fraction of sp³-hybridized carbons (Fsp3) is 0.333. The number of rotatable bonds is 3. The highest BCUT2D eigenvalue weighted by molar-refractivity contribution is 6.37. The SMILES string of the molecule is C/C=C\[SiH2]OC(=O)CC#N. The van der Waals surface area contributed by atoms with Crippen LogP contribution in [0.15, 0.2) is 11.8 Å². The Morgan fingerprint density at radius 2 is 2.60 bits per heavy atom. The minimum atomic E-state index is -0.838. The van der Waals surface area contributed by atoms with Crippen LogP contribution in [0.25, 0.3) is 0 Å². The number of allylic oxidation sites excluding steroid dienone is 1. The van der Waals surface area contributed by atoms with Crippen LogP contribution in [-0.4, -0.2) is 15.7 Å². The minimum absolute atomic E-state index is 0.134. The highest BCUT2D eigenvalue weighted by Crippen LogP contribution is 1.82. The molecule has 0 radical (unpaired) electrons. The predicted octanol–water partition coefficient (Wildman–Crippen LogP) is 0.0607. The van der Waals surface area contributed by atoms with Crippen LogP contribution in [-0.2, 0) is 9.22 Å². The Balaban J connectivity index is 3.33. The number of hydrogen-bond donors (Lipinski definition) is 0. The van der Waals surface area contributed by atoms with Crippen LogP contribution in [0, 0.1) is 11.3 Å². The van der Waals surface area contributed by atoms with Crippen LogP contribution in [0.5, 0.6) is 0 Å². The third-order valence-electron chi connectivity index (χ3n) is 0.800. The van der Waals surface area contributed by atoms with E-state index in [0.717, 1.165) is 0 Å². The van der Waals surface area contributed by atoms with Crippen LogP contribution >= 0.6 is 0 Å². The molecular formula is C6H9NO2Si. The molecule has 0 saturated heterocycles. The van der Waals surface area contributed by atoms with E-state index in [1.807, 2.05) is 18.7 Å². The molecule has 0 aromatic rings. The maximum atomic E-state index is 10.5. The summed E-state index contributed by atoms with van der Waals surface area (Å²) in [5.41, 5.74) is 1.84. The molecule has 0 saturated carbocycles. The molecule has 0 atom stereocenters. The average molecular weight is 155 g/mol. The summed E-state index contributed by atoms with van der Waals surface area (Å²) in [5.74, 6) is -0.410. The summed E-state index contributed by atoms with van der Waals surface area (Å²) in [6.45, 7) is 1.87. The van der Waals surface area contributed by atoms with Gasteiger partial charge in [-0.1, -0.05) is 11.8 Å². The molecule has 0 aliphatic rings. The van der Waals surface area contributed by atoms with Gasteiger partial charge < -0.3 is 4.43 Å². The molecule has 0 unspecified atom stereocenters. The van der Waals surface area contributed by atoms with Gasteiger partial charge in [-0.25, -0.2) is 0 Å². The molecule has 0 N–H and O–H groups in total. The standard InChI is InChI=1S/C6H9NO2Si/c1-2-5-10-9-6(8)3-4-7/h2,5H,3,10H2,1H3/b5-2-. The van der Waals surface area contributed by atoms with Gasteiger partial charge in [0.25, 0.3) is 0 Å². The molecule has 3 nitrogen and oxygen atoms in total. The molecule has 0 aliphatic carbocycles. The number of hydrogen-bond acceptors (Lipinski definition) is 3. The second-order valence-corrected chi connectivity index (χ2v) is 2.68. The molecule has 0 aliphatic heterocycles. The predicted molar refractivity (Wildman–Crippen MR) is 39.7 cm³/mol. The first-order valence-electron chi connectivity index (χ1n) is 2.95. The van der Waals surface area contributed by atoms with E-state index in [0.29, 0.717) is 0 Å². The van der Waals surface area contributed by atoms with Gasteiger partial charge in [-0.3, -0.25) is 4.79 Å². The Labute approximate surface area is 62.2 Å². The first-order chi connectivity index (χ1) is 4.81. The van der Waals surface area contributed by atoms with Crippen molar-refractivity contribution in [3.8, 4) is 6.07 Å². The van der Waals surface area contributed by atoms with Gasteiger partial charge in [0.2, 0.25) is 9.76 Å². The zero-order valence-electron chi connectivity index (χ0n) is 5.83. The first-order valence-corrected chi connectivity index (χ1v) is 4.34. The van der Waals surface area contributed by atoms with Crippen molar-refractivity contribution in [2.45, 2.75) is 13.3 Å². The minimum Gasteiger partial charge on any atom is -0.520 e. The van der Waals surface area contributed by atoms with E-state index >= 15 is 0 Å². The lowest BCUT2D eigenvalue weighted by Gasteiger charge is -1.94. The summed E-state index contributed by atoms with van der Waals surface area (Å²) < 4.78 is 4.71. The fourth-order valence-corrected chi connectivity index (χ4v) is 0.929. The Hall–Kier alpha value is -1.08. The van der Waals surface area contributed by atoms with Crippen LogP contribution in [0.3, 0.4) is 0 Å². The summed E-state index contributed by atoms with van der Waals surface area (Å²) in [5, 5.41) is 8.04. The Bertz CT molecular complexity index is 171. The molecule has 54 valence electrons. The van der Waals surface area contributed by atoms with E-state index in [9.17, 15) is 4.79 Å². The molecule has 0 aromatic carbocycles. The lowest BCUT2D eigenvalue weighted by molar-refractivity contribution is -0.133. The van der Waals surface area contributed by atoms with Crippen molar-refractivity contribution < 1.29 is 9.22 Å². The fourth-order valence-electron chi connectivity index (χ4n) is 0.353. The summed E-state index contributed by atoms with van der Waals surface area (Å²) in [6, 6.07) is 1.72. The van der Waals surface area contributed by atoms with Crippen molar-refractivity contribution in [3.05, 3.63) is 11.8 Å². The maximum absolute atomic E-state index is 10.5. The molecule has 4 heteroatoms. The Morgan fingerprint density at radius 3 is 3.10 bits per heavy atom. The topological polar surface area (TPSA) is 50.1 Å². The first kappa shape index (κ1) is 8.92. The summed E-state index contributed by atoms with van der Waals surface area (Å²) in [7, 11) is -0.838. The summed E-state index contributed by atoms with van der Waals surface area (Å²) >= 11 is 0. The van der Waals surface area contributed by atoms with Gasteiger partial charge in [0, 0.05) is 0 Å². The van der Waals surface area contributed by atoms with Crippen LogP contribution in [0.1, 0.15) is 13.3 Å². The molecule has 0 spiro atoms. The van der Waals surface area contributed by atoms with Crippen LogP contribution < -0.4 is 0 Å². The van der Waals surface area contributed by atoms with Crippen molar-refractivity contribution in [3.63, 3.8) is 0 Å². The normalized spacial score (nSPS) is 10.4. The summed E-state index contributed by atoms with van der Waals surface area (Å²) in [6.07, 6.45) is 1.70. The highest BCUT2D eigenvalue weighted by atomic mass is 28.2. The molecular weight excluding hydrogens is 146 g/mol. The third kappa shape index (κ3) is 5.06. The van der Waals surface area contributed by atoms with Gasteiger partial charge >= 0.3 is 5.97 Å². The van der Waals surface area contributed by atoms with E-state index < -0.39 is 15.7 Å². The molecule has 0 heterocycles. The van der Waals surface area contributed by atoms with Crippen molar-refractivity contribution in [1.82, 2.24) is 0 Å². The van der Waals surface area contributed by atoms with Gasteiger partial charge in [0.05, 0.1) is 6.07 Å². The van der Waals surface area contributed by atoms with E-state index in [-0.39, 0.29) is 6.42 Å². The van der Waals surface area contributed by atoms with Gasteiger partial charge in [-0.05, 0) is 6.92 Å². The number of nitrogens with zero attached hydrogens (tertiary/aromatic N) is 1. The molecule has 0 amide bonds. The van der Waals surface area contributed by atoms with Crippen LogP contribution in [0.4, 0.5) is 0 Å². The van der Waals surface area contributed by atoms with Crippen molar-refractivity contribution in [2.75, 3.05) is 0 Å². The second-order valence-electron chi connectivity index (χ2n) is 1.59. The molecule has 0 aromatic heterocycles. The Kier molecular flexibility index (Phi) is 5.39. The third-order valence-corrected chi connectivity index (χ3v) is 1.95. The number of carbonyl (C=O) groups excluding carboxylic acids is 1. The molecule has 10 heavy (non-hydrogen) atoms. The van der Waals surface area contributed by atoms with E-state index in [2.05, 4.69) is 0 Å². The highest BCUT2D eigenvalue weighted by Gasteiger charge is 1.96. The van der Waals surface area contributed by atoms with E-state index in [1.54, 1.807) is 6.07 Å². The second kappa shape index (κ2) is 6.04. The largest absolute Gasteiger partial charge is 0.520 e. The number of nitriles is 1. The zero-order valence-corrected chi connectivity index (χ0v) is 7.25. The van der Waals surface area contributed by atoms with Crippen LogP contribution in [0.2, 0.25) is 0 Å². The van der Waals surface area contributed by atoms with Gasteiger partial charge in [-0.2, -0.15) is 5.26 Å². The quantitative estimate of drug-likeness (QED) is 0.541. The molecule has 0 bridgehead atoms. The van der Waals surface area contributed by atoms with E-state index in [4.69, 9.17) is 9.69 Å². The number of carbonyl (C=O) groups is 1. The lowest BCUT2D eigenvalue weighted by Crippen LogP contribution is -2.05. The monoisotopic (exact) mass is 155 g/mol. The zero-order chi connectivity index (χ0) is 7.82. The van der Waals surface area contributed by atoms with Crippen molar-refractivity contribution >= 4 is 15.7 Å². The van der Waals surface area contributed by atoms with Crippen molar-refractivity contribution in [1.29, 1.82) is 5.26 Å². The smallest absolute Gasteiger partial charge is 0.306 e. The van der Waals surface area contributed by atoms with Gasteiger partial charge in [0.15, 0.2) is 0 Å². The molecule has 0 rings (SSSR count). The van der Waals surface area contributed by atoms with E-state index in [1.165, 1.54) is 0 Å². The molecule has 0 fully saturated rings. The summed E-state index contributed by atoms with van der Waals surface area (Å²) in [4.78, 5) is 10.5.